The number of nitrogens with zero attached hydrogens (tertiary/aromatic N) is 1. The van der Waals surface area contributed by atoms with Crippen LogP contribution < -0.4 is 10.5 Å². The molecule has 0 fully saturated rings. The maximum Gasteiger partial charge on any atom is 0.243 e. The van der Waals surface area contributed by atoms with Gasteiger partial charge in [0.2, 0.25) is 10.0 Å². The number of sulfonamides is 1. The number of rotatable bonds is 7. The largest absolute Gasteiger partial charge is 0.497 e. The Hall–Kier alpha value is -1.18. The van der Waals surface area contributed by atoms with Crippen molar-refractivity contribution in [1.82, 2.24) is 4.31 Å². The standard InChI is InChI=1S/C12H18N2O3S2/c1-3-14(9-8-12(13)18)19(15,16)11-6-4-10(17-2)5-7-11/h4-7H,3,8-9H2,1-2H3,(H2,13,18). The van der Waals surface area contributed by atoms with Gasteiger partial charge >= 0.3 is 0 Å². The molecule has 0 saturated heterocycles. The van der Waals surface area contributed by atoms with Gasteiger partial charge < -0.3 is 10.5 Å². The van der Waals surface area contributed by atoms with Crippen LogP contribution in [0.5, 0.6) is 5.75 Å². The second-order valence-electron chi connectivity index (χ2n) is 3.89. The molecule has 2 N–H and O–H groups in total. The van der Waals surface area contributed by atoms with Crippen molar-refractivity contribution in [3.05, 3.63) is 24.3 Å². The lowest BCUT2D eigenvalue weighted by Crippen LogP contribution is -2.33. The van der Waals surface area contributed by atoms with Crippen LogP contribution >= 0.6 is 12.2 Å². The van der Waals surface area contributed by atoms with Gasteiger partial charge in [-0.15, -0.1) is 0 Å². The van der Waals surface area contributed by atoms with Crippen LogP contribution in [0.3, 0.4) is 0 Å². The quantitative estimate of drug-likeness (QED) is 0.770. The van der Waals surface area contributed by atoms with E-state index < -0.39 is 10.0 Å². The molecule has 0 saturated carbocycles. The van der Waals surface area contributed by atoms with Crippen molar-refractivity contribution in [3.63, 3.8) is 0 Å². The molecule has 0 atom stereocenters. The Morgan fingerprint density at radius 2 is 1.95 bits per heavy atom. The number of methoxy groups -OCH3 is 1. The van der Waals surface area contributed by atoms with Crippen molar-refractivity contribution in [2.75, 3.05) is 20.2 Å². The van der Waals surface area contributed by atoms with E-state index in [2.05, 4.69) is 0 Å². The van der Waals surface area contributed by atoms with Gasteiger partial charge in [0.1, 0.15) is 5.75 Å². The first-order valence-electron chi connectivity index (χ1n) is 5.84. The number of ether oxygens (including phenoxy) is 1. The zero-order chi connectivity index (χ0) is 14.5. The molecule has 106 valence electrons. The monoisotopic (exact) mass is 302 g/mol. The van der Waals surface area contributed by atoms with Crippen molar-refractivity contribution >= 4 is 27.2 Å². The average Bonchev–Trinajstić information content (AvgIpc) is 2.39. The Bertz CT molecular complexity index is 526. The SMILES string of the molecule is CCN(CCC(N)=S)S(=O)(=O)c1ccc(OC)cc1. The Labute approximate surface area is 119 Å². The van der Waals surface area contributed by atoms with Crippen molar-refractivity contribution in [3.8, 4) is 5.75 Å². The lowest BCUT2D eigenvalue weighted by molar-refractivity contribution is 0.414. The summed E-state index contributed by atoms with van der Waals surface area (Å²) in [6.07, 6.45) is 0.374. The number of thiocarbonyl (C=S) groups is 1. The highest BCUT2D eigenvalue weighted by Crippen LogP contribution is 2.19. The van der Waals surface area contributed by atoms with Crippen LogP contribution in [-0.4, -0.2) is 37.9 Å². The smallest absolute Gasteiger partial charge is 0.243 e. The molecule has 0 heterocycles. The Morgan fingerprint density at radius 1 is 1.37 bits per heavy atom. The Morgan fingerprint density at radius 3 is 2.37 bits per heavy atom. The minimum Gasteiger partial charge on any atom is -0.497 e. The summed E-state index contributed by atoms with van der Waals surface area (Å²) >= 11 is 4.77. The summed E-state index contributed by atoms with van der Waals surface area (Å²) in [6.45, 7) is 2.44. The van der Waals surface area contributed by atoms with Crippen molar-refractivity contribution in [1.29, 1.82) is 0 Å². The zero-order valence-corrected chi connectivity index (χ0v) is 12.6. The normalized spacial score (nSPS) is 11.5. The molecule has 7 heteroatoms. The average molecular weight is 302 g/mol. The molecule has 0 amide bonds. The van der Waals surface area contributed by atoms with E-state index in [0.29, 0.717) is 30.2 Å². The predicted octanol–water partition coefficient (Wildman–Crippen LogP) is 1.38. The predicted molar refractivity (Wildman–Crippen MR) is 78.8 cm³/mol. The van der Waals surface area contributed by atoms with E-state index in [1.54, 1.807) is 19.1 Å². The van der Waals surface area contributed by atoms with Crippen LogP contribution in [0.4, 0.5) is 0 Å². The summed E-state index contributed by atoms with van der Waals surface area (Å²) < 4.78 is 31.1. The van der Waals surface area contributed by atoms with Crippen molar-refractivity contribution < 1.29 is 13.2 Å². The van der Waals surface area contributed by atoms with Crippen LogP contribution in [0.2, 0.25) is 0 Å². The van der Waals surface area contributed by atoms with Gasteiger partial charge in [0.25, 0.3) is 0 Å². The van der Waals surface area contributed by atoms with Gasteiger partial charge in [-0.05, 0) is 24.3 Å². The van der Waals surface area contributed by atoms with Crippen molar-refractivity contribution in [2.24, 2.45) is 5.73 Å². The van der Waals surface area contributed by atoms with Crippen LogP contribution in [0.1, 0.15) is 13.3 Å². The molecule has 0 aliphatic heterocycles. The van der Waals surface area contributed by atoms with Gasteiger partial charge in [-0.3, -0.25) is 0 Å². The highest BCUT2D eigenvalue weighted by molar-refractivity contribution is 7.89. The lowest BCUT2D eigenvalue weighted by Gasteiger charge is -2.20. The third-order valence-electron chi connectivity index (χ3n) is 2.66. The molecule has 0 aliphatic carbocycles. The van der Waals surface area contributed by atoms with E-state index in [4.69, 9.17) is 22.7 Å². The molecule has 0 radical (unpaired) electrons. The summed E-state index contributed by atoms with van der Waals surface area (Å²) in [5.41, 5.74) is 5.41. The van der Waals surface area contributed by atoms with Crippen LogP contribution in [0.15, 0.2) is 29.2 Å². The Kier molecular flexibility index (Phi) is 5.71. The van der Waals surface area contributed by atoms with Gasteiger partial charge in [-0.25, -0.2) is 8.42 Å². The Balaban J connectivity index is 2.95. The van der Waals surface area contributed by atoms with E-state index in [-0.39, 0.29) is 4.90 Å². The lowest BCUT2D eigenvalue weighted by atomic mass is 10.3. The molecule has 0 aliphatic rings. The minimum atomic E-state index is -3.51. The third kappa shape index (κ3) is 4.15. The molecule has 1 aromatic rings. The molecule has 0 spiro atoms. The van der Waals surface area contributed by atoms with Gasteiger partial charge in [0, 0.05) is 19.5 Å². The summed E-state index contributed by atoms with van der Waals surface area (Å²) in [7, 11) is -1.98. The van der Waals surface area contributed by atoms with E-state index in [1.165, 1.54) is 23.5 Å². The number of hydrogen-bond donors (Lipinski definition) is 1. The fourth-order valence-electron chi connectivity index (χ4n) is 1.58. The maximum atomic E-state index is 12.4. The molecular formula is C12H18N2O3S2. The highest BCUT2D eigenvalue weighted by atomic mass is 32.2. The maximum absolute atomic E-state index is 12.4. The highest BCUT2D eigenvalue weighted by Gasteiger charge is 2.22. The molecule has 0 unspecified atom stereocenters. The first-order valence-corrected chi connectivity index (χ1v) is 7.69. The van der Waals surface area contributed by atoms with Gasteiger partial charge in [0.05, 0.1) is 17.0 Å². The fraction of sp³-hybridized carbons (Fsp3) is 0.417. The first kappa shape index (κ1) is 15.9. The first-order chi connectivity index (χ1) is 8.91. The number of benzene rings is 1. The summed E-state index contributed by atoms with van der Waals surface area (Å²) in [6, 6.07) is 6.29. The van der Waals surface area contributed by atoms with Gasteiger partial charge in [0.15, 0.2) is 0 Å². The number of hydrogen-bond acceptors (Lipinski definition) is 4. The molecule has 5 nitrogen and oxygen atoms in total. The van der Waals surface area contributed by atoms with Crippen molar-refractivity contribution in [2.45, 2.75) is 18.2 Å². The van der Waals surface area contributed by atoms with E-state index >= 15 is 0 Å². The molecule has 0 aromatic heterocycles. The fourth-order valence-corrected chi connectivity index (χ4v) is 3.12. The third-order valence-corrected chi connectivity index (χ3v) is 4.85. The topological polar surface area (TPSA) is 72.6 Å². The second-order valence-corrected chi connectivity index (χ2v) is 6.35. The molecule has 0 bridgehead atoms. The molecule has 1 rings (SSSR count). The summed E-state index contributed by atoms with van der Waals surface area (Å²) in [4.78, 5) is 0.543. The van der Waals surface area contributed by atoms with Crippen LogP contribution in [0, 0.1) is 0 Å². The molecule has 1 aromatic carbocycles. The molecule has 19 heavy (non-hydrogen) atoms. The zero-order valence-electron chi connectivity index (χ0n) is 11.0. The summed E-state index contributed by atoms with van der Waals surface area (Å²) in [5, 5.41) is 0. The van der Waals surface area contributed by atoms with Crippen LogP contribution in [0.25, 0.3) is 0 Å². The van der Waals surface area contributed by atoms with Crippen LogP contribution in [-0.2, 0) is 10.0 Å². The van der Waals surface area contributed by atoms with Gasteiger partial charge in [-0.2, -0.15) is 4.31 Å². The van der Waals surface area contributed by atoms with E-state index in [0.717, 1.165) is 0 Å². The molecular weight excluding hydrogens is 284 g/mol. The minimum absolute atomic E-state index is 0.234. The van der Waals surface area contributed by atoms with E-state index in [9.17, 15) is 8.42 Å². The second kappa shape index (κ2) is 6.83. The summed E-state index contributed by atoms with van der Waals surface area (Å²) in [5.74, 6) is 0.616. The number of nitrogens with two attached hydrogens (primary N) is 1. The van der Waals surface area contributed by atoms with E-state index in [1.807, 2.05) is 0 Å². The van der Waals surface area contributed by atoms with Gasteiger partial charge in [-0.1, -0.05) is 19.1 Å².